The molecule has 4 amide bonds. The van der Waals surface area contributed by atoms with Crippen LogP contribution in [0.2, 0.25) is 0 Å². The molecule has 4 rings (SSSR count). The van der Waals surface area contributed by atoms with Gasteiger partial charge in [0.1, 0.15) is 12.1 Å². The summed E-state index contributed by atoms with van der Waals surface area (Å²) in [5.41, 5.74) is 0.956. The standard InChI is InChI=1S/C20H25N3O3/c1-13-6-2-5-9-16(13)21-17(24)12-23-18(25)20(22-19(23)26)11-10-14-7-3-4-8-15(14)20/h3-4,7-8,13,16H,2,5-6,9-12H2,1H3,(H,21,24)(H,22,26)/t13-,16-,20-/m1/s1. The van der Waals surface area contributed by atoms with Gasteiger partial charge in [-0.15, -0.1) is 0 Å². The van der Waals surface area contributed by atoms with Gasteiger partial charge in [0.2, 0.25) is 5.91 Å². The predicted molar refractivity (Wildman–Crippen MR) is 96.2 cm³/mol. The number of nitrogens with zero attached hydrogens (tertiary/aromatic N) is 1. The number of benzene rings is 1. The highest BCUT2D eigenvalue weighted by atomic mass is 16.2. The average molecular weight is 355 g/mol. The summed E-state index contributed by atoms with van der Waals surface area (Å²) in [6.45, 7) is 1.93. The molecule has 6 nitrogen and oxygen atoms in total. The van der Waals surface area contributed by atoms with E-state index in [0.29, 0.717) is 12.3 Å². The number of carbonyl (C=O) groups excluding carboxylic acids is 3. The number of rotatable bonds is 3. The van der Waals surface area contributed by atoms with Crippen molar-refractivity contribution in [2.24, 2.45) is 5.92 Å². The zero-order chi connectivity index (χ0) is 18.3. The molecule has 3 atom stereocenters. The highest BCUT2D eigenvalue weighted by Crippen LogP contribution is 2.41. The van der Waals surface area contributed by atoms with E-state index in [0.717, 1.165) is 41.7 Å². The number of fused-ring (bicyclic) bond motifs is 2. The summed E-state index contributed by atoms with van der Waals surface area (Å²) in [6.07, 6.45) is 5.68. The summed E-state index contributed by atoms with van der Waals surface area (Å²) in [4.78, 5) is 39.1. The van der Waals surface area contributed by atoms with Crippen LogP contribution in [0.15, 0.2) is 24.3 Å². The molecule has 6 heteroatoms. The van der Waals surface area contributed by atoms with Gasteiger partial charge in [0, 0.05) is 6.04 Å². The van der Waals surface area contributed by atoms with E-state index in [9.17, 15) is 14.4 Å². The van der Waals surface area contributed by atoms with E-state index >= 15 is 0 Å². The maximum atomic E-state index is 13.1. The first-order chi connectivity index (χ1) is 12.5. The van der Waals surface area contributed by atoms with Crippen molar-refractivity contribution >= 4 is 17.8 Å². The molecule has 138 valence electrons. The van der Waals surface area contributed by atoms with Gasteiger partial charge in [0.15, 0.2) is 0 Å². The van der Waals surface area contributed by atoms with Gasteiger partial charge >= 0.3 is 6.03 Å². The van der Waals surface area contributed by atoms with Crippen LogP contribution < -0.4 is 10.6 Å². The maximum Gasteiger partial charge on any atom is 0.325 e. The van der Waals surface area contributed by atoms with Gasteiger partial charge in [0.25, 0.3) is 5.91 Å². The van der Waals surface area contributed by atoms with Crippen LogP contribution in [0.5, 0.6) is 0 Å². The first-order valence-electron chi connectivity index (χ1n) is 9.53. The molecule has 1 aliphatic heterocycles. The smallest absolute Gasteiger partial charge is 0.325 e. The number of imide groups is 1. The largest absolute Gasteiger partial charge is 0.352 e. The molecule has 1 spiro atoms. The first-order valence-corrected chi connectivity index (χ1v) is 9.53. The highest BCUT2D eigenvalue weighted by Gasteiger charge is 2.55. The molecule has 2 aliphatic carbocycles. The molecule has 1 saturated carbocycles. The maximum absolute atomic E-state index is 13.1. The van der Waals surface area contributed by atoms with Gasteiger partial charge in [-0.05, 0) is 42.7 Å². The van der Waals surface area contributed by atoms with Gasteiger partial charge in [-0.2, -0.15) is 0 Å². The number of urea groups is 1. The van der Waals surface area contributed by atoms with Gasteiger partial charge in [0.05, 0.1) is 0 Å². The zero-order valence-corrected chi connectivity index (χ0v) is 15.1. The number of aryl methyl sites for hydroxylation is 1. The number of hydrogen-bond donors (Lipinski definition) is 2. The van der Waals surface area contributed by atoms with Gasteiger partial charge in [-0.1, -0.05) is 44.0 Å². The van der Waals surface area contributed by atoms with Crippen molar-refractivity contribution < 1.29 is 14.4 Å². The molecule has 0 aromatic heterocycles. The average Bonchev–Trinajstić information content (AvgIpc) is 3.11. The quantitative estimate of drug-likeness (QED) is 0.815. The van der Waals surface area contributed by atoms with E-state index in [4.69, 9.17) is 0 Å². The van der Waals surface area contributed by atoms with Crippen molar-refractivity contribution in [3.8, 4) is 0 Å². The summed E-state index contributed by atoms with van der Waals surface area (Å²) in [6, 6.07) is 7.37. The predicted octanol–water partition coefficient (Wildman–Crippen LogP) is 2.07. The van der Waals surface area contributed by atoms with Crippen LogP contribution in [0.25, 0.3) is 0 Å². The summed E-state index contributed by atoms with van der Waals surface area (Å²) in [5, 5.41) is 5.88. The molecule has 1 saturated heterocycles. The Balaban J connectivity index is 1.48. The summed E-state index contributed by atoms with van der Waals surface area (Å²) >= 11 is 0. The zero-order valence-electron chi connectivity index (χ0n) is 15.1. The van der Waals surface area contributed by atoms with E-state index in [1.54, 1.807) is 0 Å². The number of nitrogens with one attached hydrogen (secondary N) is 2. The molecule has 2 fully saturated rings. The second-order valence-corrected chi connectivity index (χ2v) is 7.82. The van der Waals surface area contributed by atoms with Crippen molar-refractivity contribution in [2.45, 2.75) is 57.0 Å². The van der Waals surface area contributed by atoms with E-state index in [2.05, 4.69) is 17.6 Å². The molecule has 3 aliphatic rings. The summed E-state index contributed by atoms with van der Waals surface area (Å²) in [5.74, 6) is -0.126. The Labute approximate surface area is 153 Å². The van der Waals surface area contributed by atoms with Crippen molar-refractivity contribution in [3.05, 3.63) is 35.4 Å². The lowest BCUT2D eigenvalue weighted by Gasteiger charge is -2.30. The fourth-order valence-corrected chi connectivity index (χ4v) is 4.66. The first kappa shape index (κ1) is 17.1. The third-order valence-corrected chi connectivity index (χ3v) is 6.18. The van der Waals surface area contributed by atoms with Crippen LogP contribution in [-0.2, 0) is 21.5 Å². The van der Waals surface area contributed by atoms with Gasteiger partial charge in [-0.25, -0.2) is 4.79 Å². The van der Waals surface area contributed by atoms with E-state index in [1.165, 1.54) is 6.42 Å². The Hall–Kier alpha value is -2.37. The van der Waals surface area contributed by atoms with Gasteiger partial charge in [-0.3, -0.25) is 14.5 Å². The molecule has 2 N–H and O–H groups in total. The molecule has 0 bridgehead atoms. The Morgan fingerprint density at radius 3 is 2.85 bits per heavy atom. The van der Waals surface area contributed by atoms with E-state index in [1.807, 2.05) is 24.3 Å². The lowest BCUT2D eigenvalue weighted by atomic mass is 9.86. The van der Waals surface area contributed by atoms with Crippen molar-refractivity contribution in [1.29, 1.82) is 0 Å². The third kappa shape index (κ3) is 2.68. The summed E-state index contributed by atoms with van der Waals surface area (Å²) < 4.78 is 0. The van der Waals surface area contributed by atoms with Crippen LogP contribution in [0.4, 0.5) is 4.79 Å². The second-order valence-electron chi connectivity index (χ2n) is 7.82. The van der Waals surface area contributed by atoms with Crippen LogP contribution in [0.3, 0.4) is 0 Å². The summed E-state index contributed by atoms with van der Waals surface area (Å²) in [7, 11) is 0. The topological polar surface area (TPSA) is 78.5 Å². The molecule has 1 aromatic rings. The lowest BCUT2D eigenvalue weighted by Crippen LogP contribution is -2.47. The minimum atomic E-state index is -0.994. The van der Waals surface area contributed by atoms with Crippen LogP contribution in [0.1, 0.15) is 50.2 Å². The molecule has 1 aromatic carbocycles. The van der Waals surface area contributed by atoms with Crippen LogP contribution in [0, 0.1) is 5.92 Å². The highest BCUT2D eigenvalue weighted by molar-refractivity contribution is 6.09. The molecular weight excluding hydrogens is 330 g/mol. The van der Waals surface area contributed by atoms with Crippen molar-refractivity contribution in [3.63, 3.8) is 0 Å². The molecular formula is C20H25N3O3. The lowest BCUT2D eigenvalue weighted by molar-refractivity contribution is -0.135. The number of hydrogen-bond acceptors (Lipinski definition) is 3. The Morgan fingerprint density at radius 1 is 1.27 bits per heavy atom. The molecule has 0 radical (unpaired) electrons. The Bertz CT molecular complexity index is 762. The Morgan fingerprint density at radius 2 is 2.04 bits per heavy atom. The number of carbonyl (C=O) groups is 3. The van der Waals surface area contributed by atoms with Crippen molar-refractivity contribution in [1.82, 2.24) is 15.5 Å². The minimum Gasteiger partial charge on any atom is -0.352 e. The molecule has 1 heterocycles. The molecule has 0 unspecified atom stereocenters. The van der Waals surface area contributed by atoms with E-state index in [-0.39, 0.29) is 24.4 Å². The Kier molecular flexibility index (Phi) is 4.21. The molecule has 26 heavy (non-hydrogen) atoms. The normalized spacial score (nSPS) is 30.4. The van der Waals surface area contributed by atoms with Gasteiger partial charge < -0.3 is 10.6 Å². The second kappa shape index (κ2) is 6.41. The fourth-order valence-electron chi connectivity index (χ4n) is 4.66. The van der Waals surface area contributed by atoms with Crippen LogP contribution in [-0.4, -0.2) is 35.3 Å². The van der Waals surface area contributed by atoms with E-state index < -0.39 is 11.6 Å². The SMILES string of the molecule is C[C@@H]1CCCC[C@H]1NC(=O)CN1C(=O)N[C@@]2(CCc3ccccc32)C1=O. The van der Waals surface area contributed by atoms with Crippen LogP contribution >= 0.6 is 0 Å². The number of amides is 4. The third-order valence-electron chi connectivity index (χ3n) is 6.18. The minimum absolute atomic E-state index is 0.137. The monoisotopic (exact) mass is 355 g/mol. The fraction of sp³-hybridized carbons (Fsp3) is 0.550. The van der Waals surface area contributed by atoms with Crippen molar-refractivity contribution in [2.75, 3.05) is 6.54 Å².